The Balaban J connectivity index is 0.00000112. The van der Waals surface area contributed by atoms with Crippen LogP contribution in [-0.2, 0) is 4.79 Å². The fourth-order valence-corrected chi connectivity index (χ4v) is 1.58. The van der Waals surface area contributed by atoms with Crippen molar-refractivity contribution in [3.05, 3.63) is 29.8 Å². The van der Waals surface area contributed by atoms with E-state index in [1.165, 1.54) is 18.9 Å². The van der Waals surface area contributed by atoms with Crippen LogP contribution in [0.4, 0.5) is 5.69 Å². The summed E-state index contributed by atoms with van der Waals surface area (Å²) >= 11 is 0. The molecular weight excluding hydrogens is 212 g/mol. The van der Waals surface area contributed by atoms with Crippen molar-refractivity contribution in [1.82, 2.24) is 5.32 Å². The third-order valence-corrected chi connectivity index (χ3v) is 2.46. The van der Waals surface area contributed by atoms with Gasteiger partial charge >= 0.3 is 0 Å². The Morgan fingerprint density at radius 1 is 1.40 bits per heavy atom. The van der Waals surface area contributed by atoms with Crippen LogP contribution in [0.3, 0.4) is 0 Å². The Labute approximate surface area is 95.7 Å². The molecule has 1 heterocycles. The summed E-state index contributed by atoms with van der Waals surface area (Å²) in [6, 6.07) is 8.51. The number of amides is 1. The highest BCUT2D eigenvalue weighted by Gasteiger charge is 2.17. The first kappa shape index (κ1) is 12.0. The number of hydrogen-bond acceptors (Lipinski definition) is 2. The van der Waals surface area contributed by atoms with E-state index in [0.717, 1.165) is 12.2 Å². The number of anilines is 1. The van der Waals surface area contributed by atoms with E-state index >= 15 is 0 Å². The molecule has 1 fully saturated rings. The lowest BCUT2D eigenvalue weighted by Gasteiger charge is -2.28. The average molecular weight is 227 g/mol. The molecule has 0 radical (unpaired) electrons. The van der Waals surface area contributed by atoms with Gasteiger partial charge in [0.05, 0.1) is 0 Å². The van der Waals surface area contributed by atoms with Crippen molar-refractivity contribution in [2.45, 2.75) is 19.4 Å². The van der Waals surface area contributed by atoms with E-state index in [1.807, 2.05) is 12.1 Å². The normalized spacial score (nSPS) is 18.6. The Morgan fingerprint density at radius 3 is 2.40 bits per heavy atom. The maximum absolute atomic E-state index is 10.8. The van der Waals surface area contributed by atoms with Crippen molar-refractivity contribution >= 4 is 24.0 Å². The molecule has 0 aliphatic carbocycles. The number of halogens is 1. The lowest BCUT2D eigenvalue weighted by molar-refractivity contribution is -0.114. The second-order valence-electron chi connectivity index (χ2n) is 3.60. The minimum absolute atomic E-state index is 0. The summed E-state index contributed by atoms with van der Waals surface area (Å²) in [5, 5.41) is 6.08. The van der Waals surface area contributed by atoms with E-state index in [9.17, 15) is 4.79 Å². The van der Waals surface area contributed by atoms with Crippen LogP contribution in [0.1, 0.15) is 24.9 Å². The highest BCUT2D eigenvalue weighted by atomic mass is 35.5. The number of hydrogen-bond donors (Lipinski definition) is 2. The summed E-state index contributed by atoms with van der Waals surface area (Å²) in [7, 11) is 0. The summed E-state index contributed by atoms with van der Waals surface area (Å²) in [5.74, 6) is -0.0282. The molecule has 1 saturated heterocycles. The van der Waals surface area contributed by atoms with Crippen LogP contribution in [-0.4, -0.2) is 12.5 Å². The number of carbonyl (C=O) groups excluding carboxylic acids is 1. The number of carbonyl (C=O) groups is 1. The van der Waals surface area contributed by atoms with Gasteiger partial charge in [0, 0.05) is 18.7 Å². The Kier molecular flexibility index (Phi) is 4.12. The van der Waals surface area contributed by atoms with Crippen molar-refractivity contribution in [2.75, 3.05) is 11.9 Å². The van der Waals surface area contributed by atoms with Gasteiger partial charge in [0.15, 0.2) is 0 Å². The topological polar surface area (TPSA) is 41.1 Å². The molecule has 2 N–H and O–H groups in total. The van der Waals surface area contributed by atoms with Crippen LogP contribution in [0.2, 0.25) is 0 Å². The lowest BCUT2D eigenvalue weighted by Crippen LogP contribution is -2.34. The zero-order chi connectivity index (χ0) is 9.97. The summed E-state index contributed by atoms with van der Waals surface area (Å²) in [6.07, 6.45) is 1.21. The summed E-state index contributed by atoms with van der Waals surface area (Å²) in [5.41, 5.74) is 2.16. The molecule has 1 amide bonds. The van der Waals surface area contributed by atoms with Crippen molar-refractivity contribution in [3.63, 3.8) is 0 Å². The number of rotatable bonds is 2. The van der Waals surface area contributed by atoms with E-state index in [0.29, 0.717) is 6.04 Å². The van der Waals surface area contributed by atoms with E-state index < -0.39 is 0 Å². The summed E-state index contributed by atoms with van der Waals surface area (Å²) < 4.78 is 0. The predicted octanol–water partition coefficient (Wildman–Crippen LogP) is 2.10. The zero-order valence-electron chi connectivity index (χ0n) is 8.62. The molecule has 3 nitrogen and oxygen atoms in total. The Hall–Kier alpha value is -1.06. The summed E-state index contributed by atoms with van der Waals surface area (Å²) in [4.78, 5) is 10.8. The first-order chi connectivity index (χ1) is 6.75. The van der Waals surface area contributed by atoms with Gasteiger partial charge in [-0.1, -0.05) is 12.1 Å². The van der Waals surface area contributed by atoms with Gasteiger partial charge in [0.1, 0.15) is 0 Å². The molecule has 1 aromatic carbocycles. The largest absolute Gasteiger partial charge is 0.326 e. The van der Waals surface area contributed by atoms with Gasteiger partial charge < -0.3 is 10.6 Å². The van der Waals surface area contributed by atoms with Crippen molar-refractivity contribution < 1.29 is 4.79 Å². The van der Waals surface area contributed by atoms with Gasteiger partial charge in [-0.15, -0.1) is 12.4 Å². The fraction of sp³-hybridized carbons (Fsp3) is 0.364. The average Bonchev–Trinajstić information content (AvgIpc) is 2.04. The first-order valence-electron chi connectivity index (χ1n) is 4.86. The van der Waals surface area contributed by atoms with Crippen LogP contribution in [0, 0.1) is 0 Å². The van der Waals surface area contributed by atoms with Crippen molar-refractivity contribution in [3.8, 4) is 0 Å². The molecule has 0 spiro atoms. The maximum atomic E-state index is 10.8. The van der Waals surface area contributed by atoms with Crippen LogP contribution >= 0.6 is 12.4 Å². The lowest BCUT2D eigenvalue weighted by atomic mass is 9.98. The summed E-state index contributed by atoms with van der Waals surface area (Å²) in [6.45, 7) is 2.62. The molecule has 15 heavy (non-hydrogen) atoms. The third-order valence-electron chi connectivity index (χ3n) is 2.46. The number of nitrogens with one attached hydrogen (secondary N) is 2. The molecule has 0 unspecified atom stereocenters. The smallest absolute Gasteiger partial charge is 0.221 e. The van der Waals surface area contributed by atoms with E-state index in [-0.39, 0.29) is 18.3 Å². The highest BCUT2D eigenvalue weighted by molar-refractivity contribution is 5.88. The van der Waals surface area contributed by atoms with Gasteiger partial charge in [-0.3, -0.25) is 4.79 Å². The van der Waals surface area contributed by atoms with Gasteiger partial charge in [0.25, 0.3) is 0 Å². The van der Waals surface area contributed by atoms with E-state index in [1.54, 1.807) is 0 Å². The van der Waals surface area contributed by atoms with Crippen molar-refractivity contribution in [1.29, 1.82) is 0 Å². The molecule has 82 valence electrons. The highest BCUT2D eigenvalue weighted by Crippen LogP contribution is 2.23. The van der Waals surface area contributed by atoms with Crippen LogP contribution in [0.15, 0.2) is 24.3 Å². The molecule has 4 heteroatoms. The molecule has 2 rings (SSSR count). The predicted molar refractivity (Wildman–Crippen MR) is 63.4 cm³/mol. The molecule has 1 aromatic rings. The minimum atomic E-state index is -0.0282. The van der Waals surface area contributed by atoms with Crippen molar-refractivity contribution in [2.24, 2.45) is 0 Å². The third kappa shape index (κ3) is 2.94. The molecule has 0 aromatic heterocycles. The molecule has 0 bridgehead atoms. The van der Waals surface area contributed by atoms with Crippen LogP contribution in [0.5, 0.6) is 0 Å². The van der Waals surface area contributed by atoms with Gasteiger partial charge in [0.2, 0.25) is 5.91 Å². The first-order valence-corrected chi connectivity index (χ1v) is 4.86. The van der Waals surface area contributed by atoms with Gasteiger partial charge in [-0.25, -0.2) is 0 Å². The SMILES string of the molecule is CC(=O)Nc1ccc([C@H]2CCN2)cc1.Cl. The van der Waals surface area contributed by atoms with E-state index in [4.69, 9.17) is 0 Å². The second-order valence-corrected chi connectivity index (χ2v) is 3.60. The minimum Gasteiger partial charge on any atom is -0.326 e. The Morgan fingerprint density at radius 2 is 2.00 bits per heavy atom. The molecule has 0 saturated carbocycles. The standard InChI is InChI=1S/C11H14N2O.ClH/c1-8(14)13-10-4-2-9(3-5-10)11-6-7-12-11;/h2-5,11-12H,6-7H2,1H3,(H,13,14);1H/t11-;/m1./s1. The molecule has 1 aliphatic heterocycles. The zero-order valence-corrected chi connectivity index (χ0v) is 9.43. The van der Waals surface area contributed by atoms with Crippen LogP contribution in [0.25, 0.3) is 0 Å². The molecule has 1 aliphatic rings. The van der Waals surface area contributed by atoms with E-state index in [2.05, 4.69) is 22.8 Å². The monoisotopic (exact) mass is 226 g/mol. The quantitative estimate of drug-likeness (QED) is 0.811. The molecular formula is C11H15ClN2O. The van der Waals surface area contributed by atoms with Gasteiger partial charge in [-0.2, -0.15) is 0 Å². The molecule has 1 atom stereocenters. The second kappa shape index (κ2) is 5.14. The fourth-order valence-electron chi connectivity index (χ4n) is 1.58. The van der Waals surface area contributed by atoms with Gasteiger partial charge in [-0.05, 0) is 30.7 Å². The number of benzene rings is 1. The maximum Gasteiger partial charge on any atom is 0.221 e. The van der Waals surface area contributed by atoms with Crippen LogP contribution < -0.4 is 10.6 Å². The Bertz CT molecular complexity index is 333.